The summed E-state index contributed by atoms with van der Waals surface area (Å²) in [6, 6.07) is 8.13. The molecule has 1 heterocycles. The quantitative estimate of drug-likeness (QED) is 0.862. The summed E-state index contributed by atoms with van der Waals surface area (Å²) in [7, 11) is -3.69. The van der Waals surface area contributed by atoms with Gasteiger partial charge in [-0.25, -0.2) is 17.2 Å². The van der Waals surface area contributed by atoms with Crippen molar-refractivity contribution >= 4 is 21.6 Å². The zero-order valence-corrected chi connectivity index (χ0v) is 15.3. The molecule has 1 amide bonds. The van der Waals surface area contributed by atoms with Gasteiger partial charge in [0.1, 0.15) is 11.6 Å². The second-order valence-electron chi connectivity index (χ2n) is 6.15. The van der Waals surface area contributed by atoms with E-state index in [1.165, 1.54) is 28.6 Å². The number of halogens is 2. The molecule has 2 aromatic carbocycles. The number of nitrogens with zero attached hydrogens (tertiary/aromatic N) is 1. The maximum Gasteiger partial charge on any atom is 0.255 e. The van der Waals surface area contributed by atoms with Crippen LogP contribution in [0.1, 0.15) is 17.3 Å². The van der Waals surface area contributed by atoms with E-state index in [0.29, 0.717) is 12.7 Å². The van der Waals surface area contributed by atoms with Gasteiger partial charge in [-0.3, -0.25) is 4.79 Å². The molecular formula is C18H18F2N2O4S. The Bertz CT molecular complexity index is 948. The van der Waals surface area contributed by atoms with E-state index < -0.39 is 27.6 Å². The van der Waals surface area contributed by atoms with Gasteiger partial charge in [-0.05, 0) is 43.3 Å². The first-order valence-electron chi connectivity index (χ1n) is 8.25. The van der Waals surface area contributed by atoms with E-state index >= 15 is 0 Å². The number of benzene rings is 2. The Hall–Kier alpha value is -2.36. The SMILES string of the molecule is CC1CN(S(=O)(=O)c2ccc(C(=O)Nc3ccc(F)cc3F)cc2)CCO1. The first-order chi connectivity index (χ1) is 12.8. The minimum atomic E-state index is -3.69. The molecule has 1 saturated heterocycles. The van der Waals surface area contributed by atoms with Gasteiger partial charge in [0.2, 0.25) is 10.0 Å². The van der Waals surface area contributed by atoms with Gasteiger partial charge in [0.25, 0.3) is 5.91 Å². The normalized spacial score (nSPS) is 18.3. The smallest absolute Gasteiger partial charge is 0.255 e. The lowest BCUT2D eigenvalue weighted by Gasteiger charge is -2.30. The standard InChI is InChI=1S/C18H18F2N2O4S/c1-12-11-22(8-9-26-12)27(24,25)15-5-2-13(3-6-15)18(23)21-17-7-4-14(19)10-16(17)20/h2-7,10,12H,8-9,11H2,1H3,(H,21,23). The first kappa shape index (κ1) is 19.4. The molecule has 1 aliphatic heterocycles. The second kappa shape index (κ2) is 7.71. The van der Waals surface area contributed by atoms with Crippen LogP contribution in [0.15, 0.2) is 47.4 Å². The van der Waals surface area contributed by atoms with Crippen molar-refractivity contribution in [3.8, 4) is 0 Å². The van der Waals surface area contributed by atoms with Gasteiger partial charge in [-0.15, -0.1) is 0 Å². The Morgan fingerprint density at radius 1 is 1.19 bits per heavy atom. The zero-order valence-electron chi connectivity index (χ0n) is 14.5. The highest BCUT2D eigenvalue weighted by Crippen LogP contribution is 2.20. The number of anilines is 1. The number of ether oxygens (including phenoxy) is 1. The summed E-state index contributed by atoms with van der Waals surface area (Å²) in [6.07, 6.45) is -0.191. The maximum absolute atomic E-state index is 13.6. The number of morpholine rings is 1. The van der Waals surface area contributed by atoms with E-state index in [-0.39, 0.29) is 35.3 Å². The number of rotatable bonds is 4. The van der Waals surface area contributed by atoms with E-state index in [1.54, 1.807) is 6.92 Å². The monoisotopic (exact) mass is 396 g/mol. The number of nitrogens with one attached hydrogen (secondary N) is 1. The van der Waals surface area contributed by atoms with Crippen LogP contribution in [0.2, 0.25) is 0 Å². The number of carbonyl (C=O) groups excluding carboxylic acids is 1. The molecule has 27 heavy (non-hydrogen) atoms. The van der Waals surface area contributed by atoms with Crippen molar-refractivity contribution in [1.82, 2.24) is 4.31 Å². The Kier molecular flexibility index (Phi) is 5.54. The van der Waals surface area contributed by atoms with E-state index in [4.69, 9.17) is 4.74 Å². The number of hydrogen-bond acceptors (Lipinski definition) is 4. The number of hydrogen-bond donors (Lipinski definition) is 1. The lowest BCUT2D eigenvalue weighted by molar-refractivity contribution is 0.0102. The van der Waals surface area contributed by atoms with Crippen molar-refractivity contribution in [1.29, 1.82) is 0 Å². The average Bonchev–Trinajstić information content (AvgIpc) is 2.64. The lowest BCUT2D eigenvalue weighted by Crippen LogP contribution is -2.44. The molecule has 144 valence electrons. The van der Waals surface area contributed by atoms with Crippen molar-refractivity contribution in [2.45, 2.75) is 17.9 Å². The molecule has 9 heteroatoms. The summed E-state index contributed by atoms with van der Waals surface area (Å²) >= 11 is 0. The Morgan fingerprint density at radius 2 is 1.89 bits per heavy atom. The summed E-state index contributed by atoms with van der Waals surface area (Å²) in [5.74, 6) is -2.29. The average molecular weight is 396 g/mol. The van der Waals surface area contributed by atoms with Crippen LogP contribution in [0.25, 0.3) is 0 Å². The zero-order chi connectivity index (χ0) is 19.6. The fourth-order valence-corrected chi connectivity index (χ4v) is 4.22. The van der Waals surface area contributed by atoms with E-state index in [2.05, 4.69) is 5.32 Å². The van der Waals surface area contributed by atoms with Crippen LogP contribution in [-0.4, -0.2) is 44.4 Å². The summed E-state index contributed by atoms with van der Waals surface area (Å²) in [5.41, 5.74) is -0.0200. The molecule has 0 bridgehead atoms. The highest BCUT2D eigenvalue weighted by Gasteiger charge is 2.29. The molecule has 1 unspecified atom stereocenters. The van der Waals surface area contributed by atoms with E-state index in [1.807, 2.05) is 0 Å². The fourth-order valence-electron chi connectivity index (χ4n) is 2.72. The second-order valence-corrected chi connectivity index (χ2v) is 8.09. The largest absolute Gasteiger partial charge is 0.376 e. The van der Waals surface area contributed by atoms with Crippen LogP contribution in [0, 0.1) is 11.6 Å². The summed E-state index contributed by atoms with van der Waals surface area (Å²) in [6.45, 7) is 2.64. The van der Waals surface area contributed by atoms with Gasteiger partial charge < -0.3 is 10.1 Å². The van der Waals surface area contributed by atoms with Crippen molar-refractivity contribution in [3.05, 3.63) is 59.7 Å². The van der Waals surface area contributed by atoms with E-state index in [9.17, 15) is 22.0 Å². The topological polar surface area (TPSA) is 75.7 Å². The molecule has 0 radical (unpaired) electrons. The van der Waals surface area contributed by atoms with Gasteiger partial charge in [0, 0.05) is 24.7 Å². The third-order valence-electron chi connectivity index (χ3n) is 4.14. The van der Waals surface area contributed by atoms with Crippen molar-refractivity contribution in [2.24, 2.45) is 0 Å². The van der Waals surface area contributed by atoms with Gasteiger partial charge in [-0.2, -0.15) is 4.31 Å². The van der Waals surface area contributed by atoms with Gasteiger partial charge >= 0.3 is 0 Å². The molecule has 0 aliphatic carbocycles. The van der Waals surface area contributed by atoms with Crippen molar-refractivity contribution < 1.29 is 26.7 Å². The van der Waals surface area contributed by atoms with Crippen LogP contribution in [0.3, 0.4) is 0 Å². The van der Waals surface area contributed by atoms with Crippen molar-refractivity contribution in [2.75, 3.05) is 25.0 Å². The molecule has 2 aromatic rings. The highest BCUT2D eigenvalue weighted by atomic mass is 32.2. The molecule has 1 atom stereocenters. The predicted octanol–water partition coefficient (Wildman–Crippen LogP) is 2.63. The number of sulfonamides is 1. The minimum absolute atomic E-state index is 0.0566. The summed E-state index contributed by atoms with van der Waals surface area (Å²) in [5, 5.41) is 2.32. The van der Waals surface area contributed by atoms with Crippen LogP contribution < -0.4 is 5.32 Å². The summed E-state index contributed by atoms with van der Waals surface area (Å²) in [4.78, 5) is 12.3. The lowest BCUT2D eigenvalue weighted by atomic mass is 10.2. The third-order valence-corrected chi connectivity index (χ3v) is 6.02. The summed E-state index contributed by atoms with van der Waals surface area (Å²) < 4.78 is 58.6. The highest BCUT2D eigenvalue weighted by molar-refractivity contribution is 7.89. The molecule has 0 saturated carbocycles. The maximum atomic E-state index is 13.6. The van der Waals surface area contributed by atoms with Crippen LogP contribution in [-0.2, 0) is 14.8 Å². The van der Waals surface area contributed by atoms with Gasteiger partial charge in [-0.1, -0.05) is 0 Å². The van der Waals surface area contributed by atoms with E-state index in [0.717, 1.165) is 12.1 Å². The van der Waals surface area contributed by atoms with Gasteiger partial charge in [0.15, 0.2) is 0 Å². The molecular weight excluding hydrogens is 378 g/mol. The predicted molar refractivity (Wildman–Crippen MR) is 94.9 cm³/mol. The first-order valence-corrected chi connectivity index (χ1v) is 9.69. The molecule has 1 aliphatic rings. The van der Waals surface area contributed by atoms with Crippen LogP contribution >= 0.6 is 0 Å². The Labute approximate surface area is 155 Å². The fraction of sp³-hybridized carbons (Fsp3) is 0.278. The van der Waals surface area contributed by atoms with Crippen LogP contribution in [0.5, 0.6) is 0 Å². The molecule has 6 nitrogen and oxygen atoms in total. The molecule has 0 aromatic heterocycles. The Morgan fingerprint density at radius 3 is 2.52 bits per heavy atom. The minimum Gasteiger partial charge on any atom is -0.376 e. The van der Waals surface area contributed by atoms with Gasteiger partial charge in [0.05, 0.1) is 23.3 Å². The molecule has 0 spiro atoms. The Balaban J connectivity index is 1.75. The number of carbonyl (C=O) groups is 1. The molecule has 1 N–H and O–H groups in total. The van der Waals surface area contributed by atoms with Crippen LogP contribution in [0.4, 0.5) is 14.5 Å². The number of amides is 1. The van der Waals surface area contributed by atoms with Crippen molar-refractivity contribution in [3.63, 3.8) is 0 Å². The molecule has 3 rings (SSSR count). The third kappa shape index (κ3) is 4.32. The molecule has 1 fully saturated rings.